The van der Waals surface area contributed by atoms with Gasteiger partial charge in [0.1, 0.15) is 45.5 Å². The molecule has 17 heteroatoms. The Morgan fingerprint density at radius 3 is 1.71 bits per heavy atom. The maximum atomic E-state index is 13.4. The standard InChI is InChI=1S/C28H34N6O2S.C21H20N4O3S/c1-4-36-23-12-19-15-29-14-18(19)11-22(23)32-26-25-21-6-5-17(13-24(21)37-27(25)31-16-30-26)28(35)34-9-7-20(8-10-34)33(2)3;1-2-28-16-6-13-9-22-8-12(13)5-15(16)25-19-18-14-4-3-11(21(26)27)7-17(14)29-20(18)24-10-23-19/h11-12,14,16-17,20H,4-10,13,15H2,1-3H3,(H,30,31,32);5-6,8,10-11H,2-4,7,9H2,1H3,(H,26,27)(H,23,24,25)/t17-;11-/m00/s1. The van der Waals surface area contributed by atoms with E-state index in [1.165, 1.54) is 21.6 Å². The van der Waals surface area contributed by atoms with Gasteiger partial charge in [-0.3, -0.25) is 19.6 Å². The zero-order valence-electron chi connectivity index (χ0n) is 37.7. The molecule has 3 aliphatic heterocycles. The number of aromatic nitrogens is 4. The number of nitrogens with one attached hydrogen (secondary N) is 2. The first-order valence-corrected chi connectivity index (χ1v) is 24.6. The molecule has 11 rings (SSSR count). The number of piperidine rings is 1. The Labute approximate surface area is 391 Å². The van der Waals surface area contributed by atoms with E-state index in [9.17, 15) is 14.7 Å². The lowest BCUT2D eigenvalue weighted by Gasteiger charge is -2.37. The number of thiophene rings is 2. The van der Waals surface area contributed by atoms with E-state index in [-0.39, 0.29) is 11.8 Å². The van der Waals surface area contributed by atoms with Crippen LogP contribution >= 0.6 is 22.7 Å². The summed E-state index contributed by atoms with van der Waals surface area (Å²) in [6, 6.07) is 8.83. The third-order valence-electron chi connectivity index (χ3n) is 13.5. The molecule has 0 spiro atoms. The van der Waals surface area contributed by atoms with E-state index in [0.29, 0.717) is 51.1 Å². The number of ether oxygens (including phenoxy) is 2. The number of carbonyl (C=O) groups excluding carboxylic acids is 1. The number of benzene rings is 2. The topological polar surface area (TPSA) is 180 Å². The molecule has 5 aliphatic rings. The number of anilines is 4. The van der Waals surface area contributed by atoms with Crippen LogP contribution in [0.15, 0.2) is 46.9 Å². The molecule has 3 N–H and O–H groups in total. The molecule has 1 amide bonds. The van der Waals surface area contributed by atoms with Gasteiger partial charge in [0, 0.05) is 47.2 Å². The fraction of sp³-hybridized carbons (Fsp3) is 0.429. The van der Waals surface area contributed by atoms with E-state index in [4.69, 9.17) is 9.47 Å². The zero-order valence-corrected chi connectivity index (χ0v) is 39.4. The smallest absolute Gasteiger partial charge is 0.306 e. The van der Waals surface area contributed by atoms with Crippen LogP contribution in [0.2, 0.25) is 0 Å². The van der Waals surface area contributed by atoms with Crippen molar-refractivity contribution in [3.63, 3.8) is 0 Å². The maximum Gasteiger partial charge on any atom is 0.306 e. The first-order chi connectivity index (χ1) is 32.1. The van der Waals surface area contributed by atoms with Crippen LogP contribution in [0.4, 0.5) is 23.0 Å². The average molecular weight is 927 g/mol. The van der Waals surface area contributed by atoms with Crippen molar-refractivity contribution in [1.82, 2.24) is 29.7 Å². The molecule has 6 aromatic rings. The summed E-state index contributed by atoms with van der Waals surface area (Å²) in [5.74, 6) is 2.46. The molecular weight excluding hydrogens is 873 g/mol. The Bertz CT molecular complexity index is 2900. The van der Waals surface area contributed by atoms with Crippen molar-refractivity contribution in [3.8, 4) is 11.5 Å². The molecular formula is C49H54N10O5S2. The van der Waals surface area contributed by atoms with Crippen molar-refractivity contribution < 1.29 is 24.2 Å². The molecule has 1 fully saturated rings. The third kappa shape index (κ3) is 8.59. The summed E-state index contributed by atoms with van der Waals surface area (Å²) >= 11 is 3.28. The van der Waals surface area contributed by atoms with Gasteiger partial charge in [-0.25, -0.2) is 19.9 Å². The molecule has 7 heterocycles. The molecule has 15 nitrogen and oxygen atoms in total. The minimum absolute atomic E-state index is 0.0568. The maximum absolute atomic E-state index is 13.4. The molecule has 342 valence electrons. The summed E-state index contributed by atoms with van der Waals surface area (Å²) in [4.78, 5) is 60.4. The lowest BCUT2D eigenvalue weighted by molar-refractivity contribution is -0.142. The molecule has 2 aliphatic carbocycles. The number of fused-ring (bicyclic) bond motifs is 8. The van der Waals surface area contributed by atoms with E-state index in [0.717, 1.165) is 128 Å². The Kier molecular flexibility index (Phi) is 12.4. The van der Waals surface area contributed by atoms with Crippen LogP contribution < -0.4 is 20.1 Å². The molecule has 1 saturated heterocycles. The Morgan fingerprint density at radius 2 is 1.23 bits per heavy atom. The second kappa shape index (κ2) is 18.7. The number of carbonyl (C=O) groups is 2. The molecule has 0 saturated carbocycles. The Hall–Kier alpha value is -6.04. The second-order valence-corrected chi connectivity index (χ2v) is 19.9. The van der Waals surface area contributed by atoms with Crippen molar-refractivity contribution in [2.24, 2.45) is 21.8 Å². The van der Waals surface area contributed by atoms with Crippen molar-refractivity contribution in [1.29, 1.82) is 0 Å². The van der Waals surface area contributed by atoms with Gasteiger partial charge in [-0.15, -0.1) is 22.7 Å². The highest BCUT2D eigenvalue weighted by atomic mass is 32.1. The van der Waals surface area contributed by atoms with Crippen LogP contribution in [-0.2, 0) is 48.4 Å². The quantitative estimate of drug-likeness (QED) is 0.113. The van der Waals surface area contributed by atoms with Crippen molar-refractivity contribution in [3.05, 3.63) is 80.1 Å². The van der Waals surface area contributed by atoms with E-state index >= 15 is 0 Å². The van der Waals surface area contributed by atoms with E-state index in [1.54, 1.807) is 35.3 Å². The molecule has 2 aromatic carbocycles. The summed E-state index contributed by atoms with van der Waals surface area (Å²) < 4.78 is 11.8. The number of hydrogen-bond acceptors (Lipinski definition) is 15. The van der Waals surface area contributed by atoms with Gasteiger partial charge in [0.25, 0.3) is 0 Å². The Morgan fingerprint density at radius 1 is 0.727 bits per heavy atom. The number of carboxylic acids is 1. The van der Waals surface area contributed by atoms with Gasteiger partial charge in [-0.2, -0.15) is 0 Å². The number of aliphatic carboxylic acids is 1. The van der Waals surface area contributed by atoms with Gasteiger partial charge in [-0.05, 0) is 137 Å². The first-order valence-electron chi connectivity index (χ1n) is 23.0. The first kappa shape index (κ1) is 43.8. The van der Waals surface area contributed by atoms with Gasteiger partial charge in [-0.1, -0.05) is 0 Å². The summed E-state index contributed by atoms with van der Waals surface area (Å²) in [7, 11) is 4.27. The number of likely N-dealkylation sites (tertiary alicyclic amines) is 1. The van der Waals surface area contributed by atoms with E-state index in [1.807, 2.05) is 38.4 Å². The summed E-state index contributed by atoms with van der Waals surface area (Å²) in [6.45, 7) is 8.21. The van der Waals surface area contributed by atoms with Crippen LogP contribution in [0, 0.1) is 11.8 Å². The highest BCUT2D eigenvalue weighted by molar-refractivity contribution is 7.19. The predicted molar refractivity (Wildman–Crippen MR) is 261 cm³/mol. The molecule has 0 bridgehead atoms. The molecule has 0 radical (unpaired) electrons. The van der Waals surface area contributed by atoms with Crippen molar-refractivity contribution in [2.45, 2.75) is 84.3 Å². The molecule has 4 aromatic heterocycles. The van der Waals surface area contributed by atoms with Crippen LogP contribution in [0.25, 0.3) is 20.4 Å². The summed E-state index contributed by atoms with van der Waals surface area (Å²) in [6.07, 6.45) is 13.6. The third-order valence-corrected chi connectivity index (χ3v) is 15.8. The van der Waals surface area contributed by atoms with Crippen LogP contribution in [-0.4, -0.2) is 106 Å². The molecule has 66 heavy (non-hydrogen) atoms. The number of aryl methyl sites for hydroxylation is 2. The van der Waals surface area contributed by atoms with Gasteiger partial charge in [0.15, 0.2) is 0 Å². The van der Waals surface area contributed by atoms with Gasteiger partial charge in [0.05, 0.1) is 54.4 Å². The number of amides is 1. The monoisotopic (exact) mass is 926 g/mol. The van der Waals surface area contributed by atoms with Gasteiger partial charge >= 0.3 is 5.97 Å². The molecule has 2 atom stereocenters. The number of hydrogen-bond donors (Lipinski definition) is 3. The number of carboxylic acid groups (broad SMARTS) is 1. The average Bonchev–Trinajstić information content (AvgIpc) is 4.14. The summed E-state index contributed by atoms with van der Waals surface area (Å²) in [5, 5.41) is 18.5. The van der Waals surface area contributed by atoms with Crippen LogP contribution in [0.5, 0.6) is 11.5 Å². The fourth-order valence-electron chi connectivity index (χ4n) is 9.97. The largest absolute Gasteiger partial charge is 0.492 e. The summed E-state index contributed by atoms with van der Waals surface area (Å²) in [5.41, 5.74) is 8.72. The van der Waals surface area contributed by atoms with Gasteiger partial charge < -0.3 is 35.0 Å². The predicted octanol–water partition coefficient (Wildman–Crippen LogP) is 8.38. The number of nitrogens with zero attached hydrogens (tertiary/aromatic N) is 8. The van der Waals surface area contributed by atoms with Gasteiger partial charge in [0.2, 0.25) is 5.91 Å². The van der Waals surface area contributed by atoms with Crippen molar-refractivity contribution in [2.75, 3.05) is 51.0 Å². The fourth-order valence-corrected chi connectivity index (χ4v) is 12.5. The molecule has 0 unspecified atom stereocenters. The minimum atomic E-state index is -0.723. The Balaban J connectivity index is 0.000000160. The SMILES string of the molecule is CCOc1cc2c(cc1Nc1ncnc3sc4c(c13)CC[C@H](C(=O)N1CCC(N(C)C)CC1)C4)C=NC2.CCOc1cc2c(cc1Nc1ncnc3sc4c(c13)CC[C@H](C(=O)O)C4)C=NC2. The van der Waals surface area contributed by atoms with Crippen LogP contribution in [0.3, 0.4) is 0 Å². The normalized spacial score (nSPS) is 18.4. The van der Waals surface area contributed by atoms with Crippen molar-refractivity contribution >= 4 is 90.4 Å². The lowest BCUT2D eigenvalue weighted by Crippen LogP contribution is -2.47. The highest BCUT2D eigenvalue weighted by Crippen LogP contribution is 2.44. The highest BCUT2D eigenvalue weighted by Gasteiger charge is 2.34. The van der Waals surface area contributed by atoms with E-state index < -0.39 is 5.97 Å². The number of rotatable bonds is 11. The zero-order chi connectivity index (χ0) is 45.5. The van der Waals surface area contributed by atoms with E-state index in [2.05, 4.69) is 76.6 Å². The second-order valence-electron chi connectivity index (χ2n) is 17.7. The van der Waals surface area contributed by atoms with Crippen LogP contribution in [0.1, 0.15) is 82.7 Å². The number of aliphatic imine (C=N–C) groups is 2. The lowest BCUT2D eigenvalue weighted by atomic mass is 9.86. The minimum Gasteiger partial charge on any atom is -0.492 e.